The van der Waals surface area contributed by atoms with E-state index in [0.29, 0.717) is 6.04 Å². The summed E-state index contributed by atoms with van der Waals surface area (Å²) in [5.41, 5.74) is 3.92. The van der Waals surface area contributed by atoms with Gasteiger partial charge in [0, 0.05) is 30.9 Å². The molecule has 17 heavy (non-hydrogen) atoms. The molecule has 1 heterocycles. The molecule has 0 saturated carbocycles. The minimum absolute atomic E-state index is 0.188. The average molecular weight is 234 g/mol. The van der Waals surface area contributed by atoms with E-state index in [2.05, 4.69) is 49.2 Å². The predicted octanol–water partition coefficient (Wildman–Crippen LogP) is 1.46. The molecule has 2 unspecified atom stereocenters. The second kappa shape index (κ2) is 5.07. The van der Waals surface area contributed by atoms with Gasteiger partial charge >= 0.3 is 0 Å². The van der Waals surface area contributed by atoms with E-state index < -0.39 is 0 Å². The van der Waals surface area contributed by atoms with E-state index in [9.17, 15) is 5.11 Å². The highest BCUT2D eigenvalue weighted by Gasteiger charge is 2.24. The number of anilines is 1. The molecular weight excluding hydrogens is 212 g/mol. The summed E-state index contributed by atoms with van der Waals surface area (Å²) < 4.78 is 0. The minimum atomic E-state index is 0.188. The van der Waals surface area contributed by atoms with Crippen molar-refractivity contribution in [1.82, 2.24) is 5.32 Å². The fourth-order valence-electron chi connectivity index (χ4n) is 2.32. The zero-order chi connectivity index (χ0) is 12.4. The summed E-state index contributed by atoms with van der Waals surface area (Å²) in [6.07, 6.45) is 0. The molecule has 2 N–H and O–H groups in total. The van der Waals surface area contributed by atoms with E-state index in [4.69, 9.17) is 0 Å². The molecule has 1 aromatic carbocycles. The molecule has 0 aliphatic carbocycles. The van der Waals surface area contributed by atoms with Gasteiger partial charge in [-0.3, -0.25) is 0 Å². The minimum Gasteiger partial charge on any atom is -0.395 e. The second-order valence-corrected chi connectivity index (χ2v) is 5.06. The molecule has 94 valence electrons. The molecule has 1 fully saturated rings. The number of nitrogens with one attached hydrogen (secondary N) is 1. The number of hydrogen-bond donors (Lipinski definition) is 2. The van der Waals surface area contributed by atoms with Crippen molar-refractivity contribution in [2.75, 3.05) is 24.6 Å². The van der Waals surface area contributed by atoms with Gasteiger partial charge < -0.3 is 15.3 Å². The number of hydrogen-bond acceptors (Lipinski definition) is 3. The van der Waals surface area contributed by atoms with Crippen LogP contribution in [0.25, 0.3) is 0 Å². The Bertz CT molecular complexity index is 392. The molecule has 1 aliphatic heterocycles. The maximum atomic E-state index is 9.25. The van der Waals surface area contributed by atoms with Gasteiger partial charge in [-0.25, -0.2) is 0 Å². The van der Waals surface area contributed by atoms with Gasteiger partial charge in [0.2, 0.25) is 0 Å². The summed E-state index contributed by atoms with van der Waals surface area (Å²) in [5.74, 6) is 0. The zero-order valence-corrected chi connectivity index (χ0v) is 10.9. The summed E-state index contributed by atoms with van der Waals surface area (Å²) >= 11 is 0. The summed E-state index contributed by atoms with van der Waals surface area (Å²) in [6.45, 7) is 8.51. The van der Waals surface area contributed by atoms with Crippen LogP contribution < -0.4 is 10.2 Å². The van der Waals surface area contributed by atoms with E-state index in [1.165, 1.54) is 16.8 Å². The van der Waals surface area contributed by atoms with Gasteiger partial charge in [0.15, 0.2) is 0 Å². The molecule has 0 aromatic heterocycles. The summed E-state index contributed by atoms with van der Waals surface area (Å²) in [4.78, 5) is 2.38. The molecule has 1 aliphatic rings. The summed E-state index contributed by atoms with van der Waals surface area (Å²) in [5, 5.41) is 12.6. The van der Waals surface area contributed by atoms with Crippen LogP contribution in [0.2, 0.25) is 0 Å². The third kappa shape index (κ3) is 2.61. The lowest BCUT2D eigenvalue weighted by Crippen LogP contribution is -2.56. The third-order valence-electron chi connectivity index (χ3n) is 3.69. The summed E-state index contributed by atoms with van der Waals surface area (Å²) in [7, 11) is 0. The number of rotatable bonds is 2. The number of aliphatic hydroxyl groups excluding tert-OH is 1. The molecule has 0 radical (unpaired) electrons. The third-order valence-corrected chi connectivity index (χ3v) is 3.69. The first-order valence-electron chi connectivity index (χ1n) is 6.30. The lowest BCUT2D eigenvalue weighted by molar-refractivity contribution is 0.227. The van der Waals surface area contributed by atoms with Crippen molar-refractivity contribution in [3.05, 3.63) is 29.3 Å². The van der Waals surface area contributed by atoms with Crippen molar-refractivity contribution in [3.63, 3.8) is 0 Å². The van der Waals surface area contributed by atoms with Gasteiger partial charge in [-0.1, -0.05) is 6.07 Å². The number of nitrogens with zero attached hydrogens (tertiary/aromatic N) is 1. The van der Waals surface area contributed by atoms with Gasteiger partial charge in [-0.2, -0.15) is 0 Å². The summed E-state index contributed by atoms with van der Waals surface area (Å²) in [6, 6.07) is 7.25. The Labute approximate surface area is 103 Å². The molecule has 1 aromatic rings. The number of piperazine rings is 1. The van der Waals surface area contributed by atoms with Crippen LogP contribution in [0.5, 0.6) is 0 Å². The first-order valence-corrected chi connectivity index (χ1v) is 6.30. The molecule has 0 bridgehead atoms. The van der Waals surface area contributed by atoms with E-state index in [1.807, 2.05) is 0 Å². The molecule has 2 atom stereocenters. The maximum Gasteiger partial charge on any atom is 0.0601 e. The quantitative estimate of drug-likeness (QED) is 0.813. The Kier molecular flexibility index (Phi) is 3.69. The van der Waals surface area contributed by atoms with Gasteiger partial charge in [-0.15, -0.1) is 0 Å². The maximum absolute atomic E-state index is 9.25. The topological polar surface area (TPSA) is 35.5 Å². The molecule has 0 spiro atoms. The first-order chi connectivity index (χ1) is 8.11. The van der Waals surface area contributed by atoms with Crippen molar-refractivity contribution < 1.29 is 5.11 Å². The largest absolute Gasteiger partial charge is 0.395 e. The highest BCUT2D eigenvalue weighted by Crippen LogP contribution is 2.22. The Morgan fingerprint density at radius 2 is 2.12 bits per heavy atom. The van der Waals surface area contributed by atoms with Crippen molar-refractivity contribution in [3.8, 4) is 0 Å². The SMILES string of the molecule is Cc1ccc(N2CC(CO)NCC2C)cc1C. The zero-order valence-electron chi connectivity index (χ0n) is 10.9. The van der Waals surface area contributed by atoms with Crippen LogP contribution in [0.1, 0.15) is 18.1 Å². The molecular formula is C14H22N2O. The second-order valence-electron chi connectivity index (χ2n) is 5.06. The van der Waals surface area contributed by atoms with Crippen LogP contribution in [0.3, 0.4) is 0 Å². The van der Waals surface area contributed by atoms with Crippen LogP contribution in [-0.4, -0.2) is 36.9 Å². The lowest BCUT2D eigenvalue weighted by Gasteiger charge is -2.40. The Hall–Kier alpha value is -1.06. The Morgan fingerprint density at radius 1 is 1.35 bits per heavy atom. The fourth-order valence-corrected chi connectivity index (χ4v) is 2.32. The van der Waals surface area contributed by atoms with Crippen LogP contribution in [0, 0.1) is 13.8 Å². The van der Waals surface area contributed by atoms with Crippen molar-refractivity contribution in [2.45, 2.75) is 32.9 Å². The van der Waals surface area contributed by atoms with Gasteiger partial charge in [0.1, 0.15) is 0 Å². The van der Waals surface area contributed by atoms with Gasteiger partial charge in [-0.05, 0) is 44.0 Å². The average Bonchev–Trinajstić information content (AvgIpc) is 2.33. The van der Waals surface area contributed by atoms with Crippen LogP contribution in [0.4, 0.5) is 5.69 Å². The Balaban J connectivity index is 2.21. The number of benzene rings is 1. The van der Waals surface area contributed by atoms with E-state index >= 15 is 0 Å². The van der Waals surface area contributed by atoms with Crippen molar-refractivity contribution in [2.24, 2.45) is 0 Å². The molecule has 1 saturated heterocycles. The first kappa shape index (κ1) is 12.4. The fraction of sp³-hybridized carbons (Fsp3) is 0.571. The van der Waals surface area contributed by atoms with E-state index in [-0.39, 0.29) is 12.6 Å². The molecule has 0 amide bonds. The van der Waals surface area contributed by atoms with Crippen LogP contribution in [0.15, 0.2) is 18.2 Å². The van der Waals surface area contributed by atoms with Crippen molar-refractivity contribution >= 4 is 5.69 Å². The monoisotopic (exact) mass is 234 g/mol. The molecule has 3 heteroatoms. The molecule has 2 rings (SSSR count). The predicted molar refractivity (Wildman–Crippen MR) is 71.6 cm³/mol. The number of aryl methyl sites for hydroxylation is 2. The normalized spacial score (nSPS) is 25.1. The molecule has 3 nitrogen and oxygen atoms in total. The van der Waals surface area contributed by atoms with Gasteiger partial charge in [0.25, 0.3) is 0 Å². The highest BCUT2D eigenvalue weighted by molar-refractivity contribution is 5.52. The van der Waals surface area contributed by atoms with Crippen LogP contribution in [-0.2, 0) is 0 Å². The smallest absolute Gasteiger partial charge is 0.0601 e. The van der Waals surface area contributed by atoms with Crippen molar-refractivity contribution in [1.29, 1.82) is 0 Å². The van der Waals surface area contributed by atoms with Crippen LogP contribution >= 0.6 is 0 Å². The van der Waals surface area contributed by atoms with Gasteiger partial charge in [0.05, 0.1) is 6.61 Å². The highest BCUT2D eigenvalue weighted by atomic mass is 16.3. The van der Waals surface area contributed by atoms with E-state index in [0.717, 1.165) is 13.1 Å². The lowest BCUT2D eigenvalue weighted by atomic mass is 10.1. The van der Waals surface area contributed by atoms with E-state index in [1.54, 1.807) is 0 Å². The Morgan fingerprint density at radius 3 is 2.76 bits per heavy atom. The standard InChI is InChI=1S/C14H22N2O/c1-10-4-5-14(6-11(10)2)16-8-13(9-17)15-7-12(16)3/h4-6,12-13,15,17H,7-9H2,1-3H3. The number of aliphatic hydroxyl groups is 1.